The predicted molar refractivity (Wildman–Crippen MR) is 69.4 cm³/mol. The SMILES string of the molecule is Cc1ocnc1CN(C)C(C(=O)O)c1cc(F)c(F)c(F)c1. The van der Waals surface area contributed by atoms with Gasteiger partial charge in [-0.1, -0.05) is 0 Å². The minimum atomic E-state index is -1.64. The van der Waals surface area contributed by atoms with Gasteiger partial charge in [-0.25, -0.2) is 18.2 Å². The monoisotopic (exact) mass is 314 g/mol. The van der Waals surface area contributed by atoms with Crippen LogP contribution in [0.2, 0.25) is 0 Å². The van der Waals surface area contributed by atoms with Gasteiger partial charge in [0.15, 0.2) is 23.8 Å². The number of carbonyl (C=O) groups is 1. The maximum Gasteiger partial charge on any atom is 0.325 e. The largest absolute Gasteiger partial charge is 0.480 e. The van der Waals surface area contributed by atoms with E-state index in [2.05, 4.69) is 4.98 Å². The number of rotatable bonds is 5. The number of likely N-dealkylation sites (N-methyl/N-ethyl adjacent to an activating group) is 1. The summed E-state index contributed by atoms with van der Waals surface area (Å²) in [6.45, 7) is 1.74. The molecule has 0 saturated carbocycles. The summed E-state index contributed by atoms with van der Waals surface area (Å²) in [5.74, 6) is -5.33. The molecule has 0 aliphatic heterocycles. The van der Waals surface area contributed by atoms with Crippen LogP contribution < -0.4 is 0 Å². The molecule has 1 N–H and O–H groups in total. The molecule has 118 valence electrons. The zero-order valence-electron chi connectivity index (χ0n) is 11.8. The maximum atomic E-state index is 13.3. The van der Waals surface area contributed by atoms with E-state index in [4.69, 9.17) is 4.42 Å². The Morgan fingerprint density at radius 3 is 2.41 bits per heavy atom. The summed E-state index contributed by atoms with van der Waals surface area (Å²) in [5, 5.41) is 9.32. The van der Waals surface area contributed by atoms with Crippen LogP contribution in [0.15, 0.2) is 22.9 Å². The summed E-state index contributed by atoms with van der Waals surface area (Å²) >= 11 is 0. The van der Waals surface area contributed by atoms with Crippen molar-refractivity contribution in [3.05, 3.63) is 53.0 Å². The number of carboxylic acid groups (broad SMARTS) is 1. The Hall–Kier alpha value is -2.35. The van der Waals surface area contributed by atoms with Crippen molar-refractivity contribution in [2.45, 2.75) is 19.5 Å². The molecule has 0 saturated heterocycles. The Bertz CT molecular complexity index is 679. The zero-order chi connectivity index (χ0) is 16.4. The van der Waals surface area contributed by atoms with Crippen LogP contribution in [0.4, 0.5) is 13.2 Å². The first-order chi connectivity index (χ1) is 10.3. The Kier molecular flexibility index (Phi) is 4.51. The fourth-order valence-electron chi connectivity index (χ4n) is 2.13. The molecule has 1 unspecified atom stereocenters. The van der Waals surface area contributed by atoms with E-state index in [1.165, 1.54) is 18.3 Å². The van der Waals surface area contributed by atoms with Crippen molar-refractivity contribution in [1.29, 1.82) is 0 Å². The number of hydrogen-bond acceptors (Lipinski definition) is 4. The first-order valence-corrected chi connectivity index (χ1v) is 6.27. The summed E-state index contributed by atoms with van der Waals surface area (Å²) in [6.07, 6.45) is 1.21. The molecule has 1 atom stereocenters. The number of nitrogens with zero attached hydrogens (tertiary/aromatic N) is 2. The molecule has 0 fully saturated rings. The van der Waals surface area contributed by atoms with E-state index in [1.807, 2.05) is 0 Å². The smallest absolute Gasteiger partial charge is 0.325 e. The second kappa shape index (κ2) is 6.18. The van der Waals surface area contributed by atoms with E-state index < -0.39 is 29.5 Å². The topological polar surface area (TPSA) is 66.6 Å². The van der Waals surface area contributed by atoms with Crippen molar-refractivity contribution >= 4 is 5.97 Å². The second-order valence-corrected chi connectivity index (χ2v) is 4.81. The number of benzene rings is 1. The standard InChI is InChI=1S/C14H13F3N2O3/c1-7-11(18-6-22-7)5-19(2)13(14(20)21)8-3-9(15)12(17)10(16)4-8/h3-4,6,13H,5H2,1-2H3,(H,20,21). The van der Waals surface area contributed by atoms with Crippen molar-refractivity contribution in [3.63, 3.8) is 0 Å². The van der Waals surface area contributed by atoms with Crippen LogP contribution in [-0.2, 0) is 11.3 Å². The number of oxazole rings is 1. The van der Waals surface area contributed by atoms with E-state index in [0.717, 1.165) is 0 Å². The second-order valence-electron chi connectivity index (χ2n) is 4.81. The maximum absolute atomic E-state index is 13.3. The van der Waals surface area contributed by atoms with Gasteiger partial charge in [0.1, 0.15) is 11.8 Å². The van der Waals surface area contributed by atoms with Gasteiger partial charge in [-0.05, 0) is 31.7 Å². The Morgan fingerprint density at radius 2 is 1.95 bits per heavy atom. The van der Waals surface area contributed by atoms with Gasteiger partial charge in [0.05, 0.1) is 5.69 Å². The minimum absolute atomic E-state index is 0.0832. The third-order valence-electron chi connectivity index (χ3n) is 3.24. The lowest BCUT2D eigenvalue weighted by Gasteiger charge is -2.24. The van der Waals surface area contributed by atoms with Gasteiger partial charge >= 0.3 is 5.97 Å². The molecule has 0 spiro atoms. The van der Waals surface area contributed by atoms with Gasteiger partial charge in [-0.2, -0.15) is 0 Å². The summed E-state index contributed by atoms with van der Waals surface area (Å²) in [6, 6.07) is -0.0205. The first-order valence-electron chi connectivity index (χ1n) is 6.27. The zero-order valence-corrected chi connectivity index (χ0v) is 11.8. The van der Waals surface area contributed by atoms with Gasteiger partial charge in [0, 0.05) is 6.54 Å². The van der Waals surface area contributed by atoms with Crippen molar-refractivity contribution < 1.29 is 27.5 Å². The molecule has 2 rings (SSSR count). The van der Waals surface area contributed by atoms with Crippen molar-refractivity contribution in [3.8, 4) is 0 Å². The van der Waals surface area contributed by atoms with E-state index in [0.29, 0.717) is 23.6 Å². The molecule has 2 aromatic rings. The van der Waals surface area contributed by atoms with E-state index >= 15 is 0 Å². The van der Waals surface area contributed by atoms with Gasteiger partial charge in [-0.15, -0.1) is 0 Å². The number of aromatic nitrogens is 1. The fourth-order valence-corrected chi connectivity index (χ4v) is 2.13. The van der Waals surface area contributed by atoms with Gasteiger partial charge in [-0.3, -0.25) is 9.69 Å². The number of aliphatic carboxylic acids is 1. The molecule has 5 nitrogen and oxygen atoms in total. The van der Waals surface area contributed by atoms with Crippen molar-refractivity contribution in [2.75, 3.05) is 7.05 Å². The first kappa shape index (κ1) is 16.0. The Balaban J connectivity index is 2.34. The summed E-state index contributed by atoms with van der Waals surface area (Å²) in [5.41, 5.74) is 0.296. The number of hydrogen-bond donors (Lipinski definition) is 1. The third kappa shape index (κ3) is 3.11. The van der Waals surface area contributed by atoms with E-state index in [9.17, 15) is 23.1 Å². The van der Waals surface area contributed by atoms with Crippen molar-refractivity contribution in [2.24, 2.45) is 0 Å². The molecule has 0 radical (unpaired) electrons. The Morgan fingerprint density at radius 1 is 1.36 bits per heavy atom. The summed E-state index contributed by atoms with van der Waals surface area (Å²) in [4.78, 5) is 16.7. The third-order valence-corrected chi connectivity index (χ3v) is 3.24. The molecule has 0 bridgehead atoms. The van der Waals surface area contributed by atoms with E-state index in [-0.39, 0.29) is 12.1 Å². The molecule has 8 heteroatoms. The summed E-state index contributed by atoms with van der Waals surface area (Å²) < 4.78 is 44.6. The molecule has 1 aromatic heterocycles. The summed E-state index contributed by atoms with van der Waals surface area (Å²) in [7, 11) is 1.45. The lowest BCUT2D eigenvalue weighted by molar-refractivity contribution is -0.143. The van der Waals surface area contributed by atoms with Crippen molar-refractivity contribution in [1.82, 2.24) is 9.88 Å². The fraction of sp³-hybridized carbons (Fsp3) is 0.286. The quantitative estimate of drug-likeness (QED) is 0.860. The van der Waals surface area contributed by atoms with Gasteiger partial charge in [0.25, 0.3) is 0 Å². The normalized spacial score (nSPS) is 12.6. The van der Waals surface area contributed by atoms with E-state index in [1.54, 1.807) is 6.92 Å². The van der Waals surface area contributed by atoms with Gasteiger partial charge < -0.3 is 9.52 Å². The van der Waals surface area contributed by atoms with Crippen LogP contribution in [-0.4, -0.2) is 28.0 Å². The number of halogens is 3. The minimum Gasteiger partial charge on any atom is -0.480 e. The molecule has 22 heavy (non-hydrogen) atoms. The van der Waals surface area contributed by atoms with Crippen LogP contribution in [0.25, 0.3) is 0 Å². The highest BCUT2D eigenvalue weighted by Crippen LogP contribution is 2.25. The van der Waals surface area contributed by atoms with Crippen LogP contribution in [0.1, 0.15) is 23.1 Å². The lowest BCUT2D eigenvalue weighted by atomic mass is 10.0. The highest BCUT2D eigenvalue weighted by Gasteiger charge is 2.28. The molecular weight excluding hydrogens is 301 g/mol. The van der Waals surface area contributed by atoms with Crippen LogP contribution in [0.5, 0.6) is 0 Å². The predicted octanol–water partition coefficient (Wildman–Crippen LogP) is 2.66. The highest BCUT2D eigenvalue weighted by atomic mass is 19.2. The number of aryl methyl sites for hydroxylation is 1. The Labute approximate surface area is 124 Å². The van der Waals surface area contributed by atoms with Crippen LogP contribution in [0.3, 0.4) is 0 Å². The molecular formula is C14H13F3N2O3. The van der Waals surface area contributed by atoms with Crippen LogP contribution >= 0.6 is 0 Å². The average Bonchev–Trinajstić information content (AvgIpc) is 2.81. The molecule has 0 aliphatic rings. The molecule has 1 aromatic carbocycles. The average molecular weight is 314 g/mol. The molecule has 0 aliphatic carbocycles. The lowest BCUT2D eigenvalue weighted by Crippen LogP contribution is -2.31. The molecule has 0 amide bonds. The van der Waals surface area contributed by atoms with Gasteiger partial charge in [0.2, 0.25) is 0 Å². The molecule has 1 heterocycles. The number of carboxylic acids is 1. The van der Waals surface area contributed by atoms with Crippen LogP contribution in [0, 0.1) is 24.4 Å². The highest BCUT2D eigenvalue weighted by molar-refractivity contribution is 5.75.